The van der Waals surface area contributed by atoms with E-state index in [1.807, 2.05) is 0 Å². The molecule has 1 rings (SSSR count). The number of nitrogens with one attached hydrogen (secondary N) is 3. The van der Waals surface area contributed by atoms with Crippen LogP contribution in [0.3, 0.4) is 0 Å². The molecule has 3 amide bonds. The quantitative estimate of drug-likeness (QED) is 0.176. The van der Waals surface area contributed by atoms with Gasteiger partial charge in [0.15, 0.2) is 0 Å². The van der Waals surface area contributed by atoms with Gasteiger partial charge in [-0.25, -0.2) is 4.79 Å². The molecule has 0 heterocycles. The summed E-state index contributed by atoms with van der Waals surface area (Å²) in [7, 11) is 0. The Kier molecular flexibility index (Phi) is 10.1. The molecule has 0 aliphatic rings. The van der Waals surface area contributed by atoms with E-state index >= 15 is 0 Å². The highest BCUT2D eigenvalue weighted by atomic mass is 32.1. The first-order valence-electron chi connectivity index (χ1n) is 8.98. The summed E-state index contributed by atoms with van der Waals surface area (Å²) in [6, 6.07) is 1.32. The summed E-state index contributed by atoms with van der Waals surface area (Å²) in [5.74, 6) is -3.66. The van der Waals surface area contributed by atoms with Gasteiger partial charge in [-0.15, -0.1) is 0 Å². The molecule has 30 heavy (non-hydrogen) atoms. The van der Waals surface area contributed by atoms with E-state index in [-0.39, 0.29) is 17.9 Å². The first-order chi connectivity index (χ1) is 14.1. The van der Waals surface area contributed by atoms with E-state index in [2.05, 4.69) is 28.6 Å². The van der Waals surface area contributed by atoms with Gasteiger partial charge in [0.05, 0.1) is 12.6 Å². The van der Waals surface area contributed by atoms with E-state index in [1.165, 1.54) is 19.1 Å². The van der Waals surface area contributed by atoms with E-state index < -0.39 is 54.5 Å². The molecule has 0 saturated heterocycles. The number of phenolic OH excluding ortho intramolecular Hbond substituents is 1. The molecule has 1 aromatic carbocycles. The van der Waals surface area contributed by atoms with E-state index in [0.29, 0.717) is 5.56 Å². The van der Waals surface area contributed by atoms with Gasteiger partial charge in [-0.3, -0.25) is 14.4 Å². The van der Waals surface area contributed by atoms with Crippen molar-refractivity contribution in [3.63, 3.8) is 0 Å². The zero-order chi connectivity index (χ0) is 22.8. The van der Waals surface area contributed by atoms with E-state index in [4.69, 9.17) is 10.8 Å². The van der Waals surface area contributed by atoms with E-state index in [0.717, 1.165) is 0 Å². The molecule has 4 unspecified atom stereocenters. The fourth-order valence-electron chi connectivity index (χ4n) is 2.31. The zero-order valence-electron chi connectivity index (χ0n) is 16.2. The number of aromatic hydroxyl groups is 1. The first kappa shape index (κ1) is 25.2. The Balaban J connectivity index is 2.62. The van der Waals surface area contributed by atoms with Crippen LogP contribution in [-0.4, -0.2) is 75.5 Å². The van der Waals surface area contributed by atoms with Crippen LogP contribution in [0.4, 0.5) is 0 Å². The summed E-state index contributed by atoms with van der Waals surface area (Å²) < 4.78 is 0. The second-order valence-corrected chi connectivity index (χ2v) is 6.90. The Morgan fingerprint density at radius 1 is 1.00 bits per heavy atom. The molecule has 0 fully saturated rings. The van der Waals surface area contributed by atoms with Crippen LogP contribution in [0.25, 0.3) is 0 Å². The average molecular weight is 442 g/mol. The number of amides is 3. The molecular formula is C18H26N4O7S. The molecule has 166 valence electrons. The third-order valence-electron chi connectivity index (χ3n) is 4.09. The number of carbonyl (C=O) groups excluding carboxylic acids is 3. The number of aliphatic hydroxyl groups is 1. The molecule has 0 saturated carbocycles. The van der Waals surface area contributed by atoms with Gasteiger partial charge < -0.3 is 37.0 Å². The molecule has 11 nitrogen and oxygen atoms in total. The molecule has 12 heteroatoms. The molecule has 4 atom stereocenters. The summed E-state index contributed by atoms with van der Waals surface area (Å²) in [5.41, 5.74) is 6.51. The molecule has 0 aliphatic heterocycles. The highest BCUT2D eigenvalue weighted by Gasteiger charge is 2.27. The van der Waals surface area contributed by atoms with Crippen LogP contribution in [0.5, 0.6) is 5.75 Å². The number of aliphatic carboxylic acids is 1. The number of hydrogen-bond acceptors (Lipinski definition) is 8. The number of thiol groups is 1. The number of carboxylic acids is 1. The third kappa shape index (κ3) is 7.89. The van der Waals surface area contributed by atoms with Crippen molar-refractivity contribution in [2.75, 3.05) is 12.4 Å². The Morgan fingerprint density at radius 3 is 2.07 bits per heavy atom. The molecule has 8 N–H and O–H groups in total. The van der Waals surface area contributed by atoms with Gasteiger partial charge in [0, 0.05) is 5.75 Å². The van der Waals surface area contributed by atoms with E-state index in [1.54, 1.807) is 12.1 Å². The molecule has 0 spiro atoms. The number of hydrogen-bond donors (Lipinski definition) is 8. The lowest BCUT2D eigenvalue weighted by Crippen LogP contribution is -2.57. The van der Waals surface area contributed by atoms with Crippen molar-refractivity contribution in [2.45, 2.75) is 37.5 Å². The Morgan fingerprint density at radius 2 is 1.57 bits per heavy atom. The van der Waals surface area contributed by atoms with Crippen molar-refractivity contribution >= 4 is 36.3 Å². The number of carboxylic acid groups (broad SMARTS) is 1. The molecule has 0 bridgehead atoms. The molecule has 0 aliphatic carbocycles. The lowest BCUT2D eigenvalue weighted by molar-refractivity contribution is -0.141. The summed E-state index contributed by atoms with van der Waals surface area (Å²) >= 11 is 3.83. The maximum absolute atomic E-state index is 12.3. The SMILES string of the molecule is CC(NC(=O)C(CO)NC(=O)C(N)Cc1ccc(O)cc1)C(=O)NC(CS)C(=O)O. The van der Waals surface area contributed by atoms with Crippen molar-refractivity contribution < 1.29 is 34.5 Å². The van der Waals surface area contributed by atoms with Crippen molar-refractivity contribution in [3.8, 4) is 5.75 Å². The van der Waals surface area contributed by atoms with Crippen molar-refractivity contribution in [2.24, 2.45) is 5.73 Å². The van der Waals surface area contributed by atoms with Gasteiger partial charge in [-0.2, -0.15) is 12.6 Å². The predicted molar refractivity (Wildman–Crippen MR) is 110 cm³/mol. The molecule has 0 radical (unpaired) electrons. The van der Waals surface area contributed by atoms with Crippen molar-refractivity contribution in [3.05, 3.63) is 29.8 Å². The predicted octanol–water partition coefficient (Wildman–Crippen LogP) is -2.26. The molecule has 0 aromatic heterocycles. The summed E-state index contributed by atoms with van der Waals surface area (Å²) in [4.78, 5) is 47.5. The maximum Gasteiger partial charge on any atom is 0.327 e. The summed E-state index contributed by atoms with van der Waals surface area (Å²) in [6.07, 6.45) is 0.130. The molecular weight excluding hydrogens is 416 g/mol. The first-order valence-corrected chi connectivity index (χ1v) is 9.61. The minimum Gasteiger partial charge on any atom is -0.508 e. The number of benzene rings is 1. The van der Waals surface area contributed by atoms with Crippen LogP contribution in [-0.2, 0) is 25.6 Å². The maximum atomic E-state index is 12.3. The van der Waals surface area contributed by atoms with Crippen LogP contribution in [0, 0.1) is 0 Å². The van der Waals surface area contributed by atoms with Crippen LogP contribution >= 0.6 is 12.6 Å². The number of rotatable bonds is 11. The normalized spacial score (nSPS) is 14.7. The Labute approximate surface area is 178 Å². The van der Waals surface area contributed by atoms with Crippen LogP contribution in [0.1, 0.15) is 12.5 Å². The summed E-state index contributed by atoms with van der Waals surface area (Å²) in [5, 5.41) is 34.4. The monoisotopic (exact) mass is 442 g/mol. The smallest absolute Gasteiger partial charge is 0.327 e. The van der Waals surface area contributed by atoms with Gasteiger partial charge >= 0.3 is 5.97 Å². The number of aliphatic hydroxyl groups excluding tert-OH is 1. The second kappa shape index (κ2) is 12.0. The van der Waals surface area contributed by atoms with Crippen LogP contribution < -0.4 is 21.7 Å². The highest BCUT2D eigenvalue weighted by Crippen LogP contribution is 2.11. The number of phenols is 1. The van der Waals surface area contributed by atoms with Gasteiger partial charge in [0.1, 0.15) is 23.9 Å². The number of nitrogens with two attached hydrogens (primary N) is 1. The Hall–Kier alpha value is -2.83. The second-order valence-electron chi connectivity index (χ2n) is 6.53. The van der Waals surface area contributed by atoms with Gasteiger partial charge in [-0.05, 0) is 31.0 Å². The highest BCUT2D eigenvalue weighted by molar-refractivity contribution is 7.80. The van der Waals surface area contributed by atoms with Gasteiger partial charge in [0.2, 0.25) is 17.7 Å². The fraction of sp³-hybridized carbons (Fsp3) is 0.444. The van der Waals surface area contributed by atoms with Gasteiger partial charge in [-0.1, -0.05) is 12.1 Å². The largest absolute Gasteiger partial charge is 0.508 e. The standard InChI is InChI=1S/C18H26N4O7S/c1-9(15(25)22-14(8-30)18(28)29)20-17(27)13(7-23)21-16(26)12(19)6-10-2-4-11(24)5-3-10/h2-5,9,12-14,23-24,30H,6-8,19H2,1H3,(H,20,27)(H,21,26)(H,22,25)(H,28,29). The average Bonchev–Trinajstić information content (AvgIpc) is 2.70. The minimum atomic E-state index is -1.36. The van der Waals surface area contributed by atoms with Crippen LogP contribution in [0.15, 0.2) is 24.3 Å². The lowest BCUT2D eigenvalue weighted by atomic mass is 10.1. The Bertz CT molecular complexity index is 759. The summed E-state index contributed by atoms with van der Waals surface area (Å²) in [6.45, 7) is 0.573. The van der Waals surface area contributed by atoms with E-state index in [9.17, 15) is 29.4 Å². The zero-order valence-corrected chi connectivity index (χ0v) is 17.1. The van der Waals surface area contributed by atoms with Crippen molar-refractivity contribution in [1.82, 2.24) is 16.0 Å². The third-order valence-corrected chi connectivity index (χ3v) is 4.46. The van der Waals surface area contributed by atoms with Crippen molar-refractivity contribution in [1.29, 1.82) is 0 Å². The number of carbonyl (C=O) groups is 4. The van der Waals surface area contributed by atoms with Crippen LogP contribution in [0.2, 0.25) is 0 Å². The molecule has 1 aromatic rings. The van der Waals surface area contributed by atoms with Gasteiger partial charge in [0.25, 0.3) is 0 Å². The fourth-order valence-corrected chi connectivity index (χ4v) is 2.56. The minimum absolute atomic E-state index is 0.0657. The topological polar surface area (TPSA) is 191 Å². The lowest BCUT2D eigenvalue weighted by Gasteiger charge is -2.22.